The Morgan fingerprint density at radius 2 is 2.56 bits per heavy atom. The molecule has 0 aliphatic carbocycles. The van der Waals surface area contributed by atoms with E-state index in [2.05, 4.69) is 0 Å². The van der Waals surface area contributed by atoms with Crippen LogP contribution in [-0.2, 0) is 0 Å². The zero-order chi connectivity index (χ0) is 6.85. The number of hydrogen-bond acceptors (Lipinski definition) is 3. The largest absolute Gasteiger partial charge is 0.710 e. The predicted octanol–water partition coefficient (Wildman–Crippen LogP) is -0.770. The van der Waals surface area contributed by atoms with Gasteiger partial charge in [0.1, 0.15) is 6.20 Å². The fourth-order valence-corrected chi connectivity index (χ4v) is 0.466. The van der Waals surface area contributed by atoms with E-state index in [1.165, 1.54) is 6.07 Å². The lowest BCUT2D eigenvalue weighted by molar-refractivity contribution is -0.609. The number of rotatable bonds is 0. The highest BCUT2D eigenvalue weighted by Gasteiger charge is 2.08. The molecule has 0 aliphatic heterocycles. The molecule has 0 unspecified atom stereocenters. The van der Waals surface area contributed by atoms with Crippen molar-refractivity contribution >= 4 is 0 Å². The van der Waals surface area contributed by atoms with Gasteiger partial charge in [0.2, 0.25) is 0 Å². The first kappa shape index (κ1) is 5.44. The summed E-state index contributed by atoms with van der Waals surface area (Å²) in [6.07, 6.45) is 2.13. The van der Waals surface area contributed by atoms with E-state index in [-0.39, 0.29) is 10.6 Å². The van der Waals surface area contributed by atoms with Crippen molar-refractivity contribution in [2.75, 3.05) is 0 Å². The molecule has 0 bridgehead atoms. The first-order chi connectivity index (χ1) is 4.25. The molecule has 5 nitrogen and oxygen atoms in total. The van der Waals surface area contributed by atoms with Crippen LogP contribution in [0.2, 0.25) is 0 Å². The van der Waals surface area contributed by atoms with Gasteiger partial charge in [-0.2, -0.15) is 5.26 Å². The topological polar surface area (TPSA) is 75.9 Å². The lowest BCUT2D eigenvalue weighted by Crippen LogP contribution is -2.27. The summed E-state index contributed by atoms with van der Waals surface area (Å²) < 4.78 is 0.743. The molecule has 0 saturated carbocycles. The Balaban J connectivity index is 3.27. The third kappa shape index (κ3) is 0.659. The lowest BCUT2D eigenvalue weighted by atomic mass is 10.7. The van der Waals surface area contributed by atoms with Gasteiger partial charge < -0.3 is 10.4 Å². The predicted molar refractivity (Wildman–Crippen MR) is 25.3 cm³/mol. The van der Waals surface area contributed by atoms with Crippen LogP contribution in [0.15, 0.2) is 12.4 Å². The number of nitrogens with zero attached hydrogens (tertiary/aromatic N) is 3. The summed E-state index contributed by atoms with van der Waals surface area (Å²) in [5.41, 5.74) is 0. The summed E-state index contributed by atoms with van der Waals surface area (Å²) in [7, 11) is 0. The Bertz CT molecular complexity index is 240. The summed E-state index contributed by atoms with van der Waals surface area (Å²) in [6, 6.07) is 1.51. The lowest BCUT2D eigenvalue weighted by Gasteiger charge is -1.91. The van der Waals surface area contributed by atoms with E-state index in [1.54, 1.807) is 0 Å². The fraction of sp³-hybridized carbons (Fsp3) is 0. The molecule has 1 rings (SSSR count). The van der Waals surface area contributed by atoms with Crippen LogP contribution in [0.5, 0.6) is 0 Å². The van der Waals surface area contributed by atoms with Crippen molar-refractivity contribution in [1.82, 2.24) is 4.73 Å². The summed E-state index contributed by atoms with van der Waals surface area (Å²) in [6.45, 7) is 0. The third-order valence-corrected chi connectivity index (χ3v) is 0.869. The van der Waals surface area contributed by atoms with E-state index in [0.29, 0.717) is 4.73 Å². The average Bonchev–Trinajstić information content (AvgIpc) is 2.12. The SMILES string of the molecule is N#Cc1n(O)cc[n+]1[O-]. The van der Waals surface area contributed by atoms with Crippen molar-refractivity contribution in [3.63, 3.8) is 0 Å². The average molecular weight is 125 g/mol. The van der Waals surface area contributed by atoms with E-state index < -0.39 is 0 Å². The maximum atomic E-state index is 10.4. The van der Waals surface area contributed by atoms with Gasteiger partial charge in [-0.25, -0.2) is 4.73 Å². The molecule has 46 valence electrons. The highest BCUT2D eigenvalue weighted by atomic mass is 16.5. The molecular weight excluding hydrogens is 122 g/mol. The van der Waals surface area contributed by atoms with Gasteiger partial charge >= 0.3 is 5.82 Å². The van der Waals surface area contributed by atoms with Gasteiger partial charge in [-0.15, -0.1) is 0 Å². The van der Waals surface area contributed by atoms with Gasteiger partial charge in [0.15, 0.2) is 12.3 Å². The van der Waals surface area contributed by atoms with Crippen LogP contribution in [0.4, 0.5) is 0 Å². The summed E-state index contributed by atoms with van der Waals surface area (Å²) in [5, 5.41) is 27.1. The van der Waals surface area contributed by atoms with Crippen LogP contribution >= 0.6 is 0 Å². The van der Waals surface area contributed by atoms with Crippen molar-refractivity contribution in [2.45, 2.75) is 0 Å². The van der Waals surface area contributed by atoms with Gasteiger partial charge in [-0.3, -0.25) is 0 Å². The second-order valence-corrected chi connectivity index (χ2v) is 1.40. The number of nitriles is 1. The molecule has 0 aromatic carbocycles. The second kappa shape index (κ2) is 1.67. The molecule has 0 atom stereocenters. The quantitative estimate of drug-likeness (QED) is 0.281. The fourth-order valence-electron chi connectivity index (χ4n) is 0.466. The zero-order valence-electron chi connectivity index (χ0n) is 4.35. The van der Waals surface area contributed by atoms with Crippen LogP contribution in [0, 0.1) is 16.5 Å². The number of imidazole rings is 1. The van der Waals surface area contributed by atoms with Gasteiger partial charge in [-0.05, 0) is 4.73 Å². The smallest absolute Gasteiger partial charge is 0.403 e. The van der Waals surface area contributed by atoms with Crippen LogP contribution in [0.1, 0.15) is 5.82 Å². The summed E-state index contributed by atoms with van der Waals surface area (Å²) >= 11 is 0. The number of hydrogen-bond donors (Lipinski definition) is 1. The van der Waals surface area contributed by atoms with Gasteiger partial charge in [0.25, 0.3) is 0 Å². The third-order valence-electron chi connectivity index (χ3n) is 0.869. The maximum absolute atomic E-state index is 10.4. The Morgan fingerprint density at radius 3 is 2.78 bits per heavy atom. The normalized spacial score (nSPS) is 8.78. The van der Waals surface area contributed by atoms with Gasteiger partial charge in [0.05, 0.1) is 0 Å². The van der Waals surface area contributed by atoms with E-state index >= 15 is 0 Å². The van der Waals surface area contributed by atoms with Crippen LogP contribution < -0.4 is 4.73 Å². The summed E-state index contributed by atoms with van der Waals surface area (Å²) in [4.78, 5) is 0. The minimum atomic E-state index is -0.338. The molecule has 0 radical (unpaired) electrons. The standard InChI is InChI=1S/C4H3N3O2/c5-3-4-6(8)1-2-7(4)9/h1-2,8H. The molecule has 9 heavy (non-hydrogen) atoms. The second-order valence-electron chi connectivity index (χ2n) is 1.40. The Kier molecular flexibility index (Phi) is 1.01. The monoisotopic (exact) mass is 125 g/mol. The molecule has 0 spiro atoms. The molecule has 0 amide bonds. The van der Waals surface area contributed by atoms with Gasteiger partial charge in [0, 0.05) is 0 Å². The van der Waals surface area contributed by atoms with Crippen LogP contribution in [0.3, 0.4) is 0 Å². The van der Waals surface area contributed by atoms with Crippen molar-refractivity contribution in [3.8, 4) is 6.07 Å². The first-order valence-corrected chi connectivity index (χ1v) is 2.15. The summed E-state index contributed by atoms with van der Waals surface area (Å²) in [5.74, 6) is -0.338. The molecule has 1 aromatic heterocycles. The minimum Gasteiger partial charge on any atom is -0.710 e. The molecule has 0 saturated heterocycles. The van der Waals surface area contributed by atoms with E-state index in [4.69, 9.17) is 10.5 Å². The molecular formula is C4H3N3O2. The highest BCUT2D eigenvalue weighted by molar-refractivity contribution is 5.02. The minimum absolute atomic E-state index is 0.278. The van der Waals surface area contributed by atoms with Crippen molar-refractivity contribution in [2.24, 2.45) is 0 Å². The van der Waals surface area contributed by atoms with E-state index in [9.17, 15) is 5.21 Å². The molecule has 1 N–H and O–H groups in total. The van der Waals surface area contributed by atoms with Crippen LogP contribution in [-0.4, -0.2) is 9.94 Å². The molecule has 5 heteroatoms. The maximum Gasteiger partial charge on any atom is 0.403 e. The van der Waals surface area contributed by atoms with Gasteiger partial charge in [-0.1, -0.05) is 0 Å². The number of aromatic nitrogens is 2. The molecule has 0 aliphatic rings. The molecule has 1 aromatic rings. The van der Waals surface area contributed by atoms with Crippen molar-refractivity contribution in [3.05, 3.63) is 23.4 Å². The van der Waals surface area contributed by atoms with Crippen molar-refractivity contribution < 1.29 is 9.94 Å². The Hall–Kier alpha value is -1.70. The van der Waals surface area contributed by atoms with E-state index in [1.807, 2.05) is 0 Å². The highest BCUT2D eigenvalue weighted by Crippen LogP contribution is 1.85. The van der Waals surface area contributed by atoms with E-state index in [0.717, 1.165) is 12.4 Å². The Labute approximate surface area is 50.5 Å². The van der Waals surface area contributed by atoms with Crippen molar-refractivity contribution in [1.29, 1.82) is 5.26 Å². The zero-order valence-corrected chi connectivity index (χ0v) is 4.35. The Morgan fingerprint density at radius 1 is 1.89 bits per heavy atom. The first-order valence-electron chi connectivity index (χ1n) is 2.15. The van der Waals surface area contributed by atoms with Crippen LogP contribution in [0.25, 0.3) is 0 Å². The molecule has 0 fully saturated rings. The molecule has 1 heterocycles.